The Kier molecular flexibility index (Phi) is 5.66. The molecule has 0 unspecified atom stereocenters. The molecule has 8 heteroatoms. The Hall–Kier alpha value is -3.36. The number of fused-ring (bicyclic) bond motifs is 1. The molecular weight excluding hydrogens is 448 g/mol. The van der Waals surface area contributed by atoms with Crippen LogP contribution in [0.2, 0.25) is 0 Å². The van der Waals surface area contributed by atoms with Crippen molar-refractivity contribution in [3.63, 3.8) is 0 Å². The summed E-state index contributed by atoms with van der Waals surface area (Å²) in [6, 6.07) is 22.5. The van der Waals surface area contributed by atoms with Gasteiger partial charge in [-0.2, -0.15) is 16.8 Å². The van der Waals surface area contributed by atoms with Crippen molar-refractivity contribution in [2.75, 3.05) is 0 Å². The van der Waals surface area contributed by atoms with E-state index in [0.29, 0.717) is 21.9 Å². The maximum atomic E-state index is 12.9. The molecule has 0 heterocycles. The zero-order valence-corrected chi connectivity index (χ0v) is 19.0. The second-order valence-corrected chi connectivity index (χ2v) is 10.2. The molecule has 0 atom stereocenters. The second-order valence-electron chi connectivity index (χ2n) is 7.21. The summed E-state index contributed by atoms with van der Waals surface area (Å²) in [5.74, 6) is 0.147. The van der Waals surface area contributed by atoms with Crippen LogP contribution < -0.4 is 8.37 Å². The summed E-state index contributed by atoms with van der Waals surface area (Å²) in [6.45, 7) is 3.36. The molecule has 0 radical (unpaired) electrons. The monoisotopic (exact) mass is 468 g/mol. The summed E-state index contributed by atoms with van der Waals surface area (Å²) < 4.78 is 62.3. The Morgan fingerprint density at radius 1 is 0.500 bits per heavy atom. The van der Waals surface area contributed by atoms with Gasteiger partial charge in [0.2, 0.25) is 0 Å². The minimum Gasteiger partial charge on any atom is -0.378 e. The number of benzene rings is 4. The predicted molar refractivity (Wildman–Crippen MR) is 122 cm³/mol. The van der Waals surface area contributed by atoms with Crippen LogP contribution in [0, 0.1) is 13.8 Å². The number of hydrogen-bond acceptors (Lipinski definition) is 6. The highest BCUT2D eigenvalue weighted by Crippen LogP contribution is 2.35. The van der Waals surface area contributed by atoms with Gasteiger partial charge >= 0.3 is 20.2 Å². The van der Waals surface area contributed by atoms with E-state index in [1.807, 2.05) is 0 Å². The molecule has 0 saturated heterocycles. The Morgan fingerprint density at radius 2 is 0.875 bits per heavy atom. The lowest BCUT2D eigenvalue weighted by molar-refractivity contribution is 0.484. The molecular formula is C24H20O6S2. The molecule has 0 aliphatic rings. The van der Waals surface area contributed by atoms with E-state index in [-0.39, 0.29) is 21.3 Å². The second kappa shape index (κ2) is 8.29. The van der Waals surface area contributed by atoms with Gasteiger partial charge in [-0.3, -0.25) is 0 Å². The van der Waals surface area contributed by atoms with Gasteiger partial charge in [-0.1, -0.05) is 60.7 Å². The van der Waals surface area contributed by atoms with E-state index >= 15 is 0 Å². The van der Waals surface area contributed by atoms with Gasteiger partial charge in [0.15, 0.2) is 11.5 Å². The summed E-state index contributed by atoms with van der Waals surface area (Å²) in [7, 11) is -8.18. The van der Waals surface area contributed by atoms with Gasteiger partial charge in [0.25, 0.3) is 0 Å². The number of aryl methyl sites for hydroxylation is 2. The van der Waals surface area contributed by atoms with Crippen LogP contribution in [0.1, 0.15) is 11.1 Å². The van der Waals surface area contributed by atoms with Crippen LogP contribution >= 0.6 is 0 Å². The van der Waals surface area contributed by atoms with Crippen molar-refractivity contribution < 1.29 is 25.2 Å². The summed E-state index contributed by atoms with van der Waals surface area (Å²) >= 11 is 0. The smallest absolute Gasteiger partial charge is 0.339 e. The van der Waals surface area contributed by atoms with Crippen molar-refractivity contribution in [1.82, 2.24) is 0 Å². The van der Waals surface area contributed by atoms with Gasteiger partial charge in [-0.25, -0.2) is 0 Å². The molecule has 0 aliphatic carbocycles. The highest BCUT2D eigenvalue weighted by Gasteiger charge is 2.23. The molecule has 4 aromatic rings. The van der Waals surface area contributed by atoms with Crippen molar-refractivity contribution in [3.05, 3.63) is 96.1 Å². The topological polar surface area (TPSA) is 86.7 Å². The van der Waals surface area contributed by atoms with Gasteiger partial charge in [0.1, 0.15) is 9.79 Å². The van der Waals surface area contributed by atoms with Crippen molar-refractivity contribution >= 4 is 31.0 Å². The summed E-state index contributed by atoms with van der Waals surface area (Å²) in [5.41, 5.74) is 1.11. The average Bonchev–Trinajstić information content (AvgIpc) is 2.74. The van der Waals surface area contributed by atoms with Gasteiger partial charge in [-0.15, -0.1) is 0 Å². The van der Waals surface area contributed by atoms with Crippen molar-refractivity contribution in [2.24, 2.45) is 0 Å². The molecule has 4 aromatic carbocycles. The summed E-state index contributed by atoms with van der Waals surface area (Å²) in [4.78, 5) is 0.123. The molecule has 0 amide bonds. The molecule has 0 bridgehead atoms. The number of rotatable bonds is 6. The van der Waals surface area contributed by atoms with E-state index in [4.69, 9.17) is 8.37 Å². The van der Waals surface area contributed by atoms with Crippen LogP contribution in [0.4, 0.5) is 0 Å². The van der Waals surface area contributed by atoms with Crippen LogP contribution in [-0.4, -0.2) is 16.8 Å². The Morgan fingerprint density at radius 3 is 1.25 bits per heavy atom. The lowest BCUT2D eigenvalue weighted by Crippen LogP contribution is -2.12. The summed E-state index contributed by atoms with van der Waals surface area (Å²) in [6.07, 6.45) is 0. The first kappa shape index (κ1) is 21.9. The first-order valence-electron chi connectivity index (χ1n) is 9.71. The highest BCUT2D eigenvalue weighted by molar-refractivity contribution is 7.87. The lowest BCUT2D eigenvalue weighted by atomic mass is 10.1. The minimum absolute atomic E-state index is 0.0616. The fourth-order valence-electron chi connectivity index (χ4n) is 3.40. The van der Waals surface area contributed by atoms with Crippen LogP contribution in [0.25, 0.3) is 10.8 Å². The largest absolute Gasteiger partial charge is 0.378 e. The number of hydrogen-bond donors (Lipinski definition) is 0. The molecule has 0 saturated carbocycles. The van der Waals surface area contributed by atoms with Gasteiger partial charge in [0, 0.05) is 10.8 Å². The molecule has 0 fully saturated rings. The quantitative estimate of drug-likeness (QED) is 0.371. The standard InChI is InChI=1S/C24H20O6S2/c1-17-9-3-5-15-23(17)31(25,26)29-21-13-7-12-20-19(21)11-8-14-22(20)30-32(27,28)24-16-6-4-10-18(24)2/h3-16H,1-2H3. The predicted octanol–water partition coefficient (Wildman–Crippen LogP) is 4.99. The minimum atomic E-state index is -4.09. The lowest BCUT2D eigenvalue weighted by Gasteiger charge is -2.14. The highest BCUT2D eigenvalue weighted by atomic mass is 32.2. The molecule has 0 aliphatic heterocycles. The van der Waals surface area contributed by atoms with E-state index < -0.39 is 20.2 Å². The first-order valence-corrected chi connectivity index (χ1v) is 12.5. The van der Waals surface area contributed by atoms with Crippen LogP contribution in [-0.2, 0) is 20.2 Å². The third-order valence-corrected chi connectivity index (χ3v) is 7.76. The van der Waals surface area contributed by atoms with Gasteiger partial charge in [0.05, 0.1) is 0 Å². The third kappa shape index (κ3) is 4.19. The molecule has 0 spiro atoms. The van der Waals surface area contributed by atoms with Crippen LogP contribution in [0.15, 0.2) is 94.7 Å². The molecule has 6 nitrogen and oxygen atoms in total. The Labute approximate surface area is 187 Å². The zero-order chi connectivity index (χ0) is 22.9. The Bertz CT molecular complexity index is 1410. The van der Waals surface area contributed by atoms with E-state index in [1.165, 1.54) is 24.3 Å². The third-order valence-electron chi connectivity index (χ3n) is 4.97. The van der Waals surface area contributed by atoms with E-state index in [1.54, 1.807) is 74.5 Å². The van der Waals surface area contributed by atoms with Gasteiger partial charge < -0.3 is 8.37 Å². The molecule has 4 rings (SSSR count). The van der Waals surface area contributed by atoms with Crippen LogP contribution in [0.3, 0.4) is 0 Å². The van der Waals surface area contributed by atoms with E-state index in [9.17, 15) is 16.8 Å². The molecule has 0 aromatic heterocycles. The first-order chi connectivity index (χ1) is 15.2. The van der Waals surface area contributed by atoms with Crippen molar-refractivity contribution in [2.45, 2.75) is 23.6 Å². The van der Waals surface area contributed by atoms with Crippen molar-refractivity contribution in [1.29, 1.82) is 0 Å². The van der Waals surface area contributed by atoms with Crippen LogP contribution in [0.5, 0.6) is 11.5 Å². The fraction of sp³-hybridized carbons (Fsp3) is 0.0833. The van der Waals surface area contributed by atoms with E-state index in [0.717, 1.165) is 0 Å². The summed E-state index contributed by atoms with van der Waals surface area (Å²) in [5, 5.41) is 0.810. The molecule has 164 valence electrons. The average molecular weight is 469 g/mol. The maximum absolute atomic E-state index is 12.9. The SMILES string of the molecule is Cc1ccccc1S(=O)(=O)Oc1cccc2c(OS(=O)(=O)c3ccccc3C)cccc12. The Balaban J connectivity index is 1.76. The molecule has 0 N–H and O–H groups in total. The van der Waals surface area contributed by atoms with Gasteiger partial charge in [-0.05, 0) is 49.2 Å². The fourth-order valence-corrected chi connectivity index (χ4v) is 5.76. The maximum Gasteiger partial charge on any atom is 0.339 e. The molecule has 32 heavy (non-hydrogen) atoms. The normalized spacial score (nSPS) is 11.9. The zero-order valence-electron chi connectivity index (χ0n) is 17.3. The van der Waals surface area contributed by atoms with Crippen molar-refractivity contribution in [3.8, 4) is 11.5 Å². The van der Waals surface area contributed by atoms with E-state index in [2.05, 4.69) is 0 Å².